The zero-order valence-corrected chi connectivity index (χ0v) is 29.4. The molecule has 0 aliphatic heterocycles. The summed E-state index contributed by atoms with van der Waals surface area (Å²) in [5.74, 6) is 0. The minimum Gasteiger partial charge on any atom is -0.358 e. The van der Waals surface area contributed by atoms with Crippen LogP contribution in [-0.4, -0.2) is 4.21 Å². The van der Waals surface area contributed by atoms with Crippen LogP contribution in [0.4, 0.5) is 0 Å². The van der Waals surface area contributed by atoms with Crippen LogP contribution in [0.25, 0.3) is 21.5 Å². The van der Waals surface area contributed by atoms with Crippen molar-refractivity contribution in [3.05, 3.63) is 142 Å². The van der Waals surface area contributed by atoms with E-state index in [-0.39, 0.29) is 25.7 Å². The van der Waals surface area contributed by atoms with Crippen molar-refractivity contribution in [2.75, 3.05) is 0 Å². The molecule has 0 unspecified atom stereocenters. The van der Waals surface area contributed by atoms with Gasteiger partial charge in [-0.25, -0.2) is 12.1 Å². The largest absolute Gasteiger partial charge is 0.358 e. The van der Waals surface area contributed by atoms with Gasteiger partial charge in [-0.2, -0.15) is 67.4 Å². The molecule has 41 heavy (non-hydrogen) atoms. The van der Waals surface area contributed by atoms with Crippen molar-refractivity contribution in [3.8, 4) is 0 Å². The van der Waals surface area contributed by atoms with E-state index in [0.717, 1.165) is 0 Å². The third-order valence-electron chi connectivity index (χ3n) is 6.67. The Balaban J connectivity index is 0.000000650. The average molecular weight is 624 g/mol. The minimum absolute atomic E-state index is 0. The molecule has 0 amide bonds. The van der Waals surface area contributed by atoms with Gasteiger partial charge in [-0.3, -0.25) is 0 Å². The number of rotatable bonds is 0. The second-order valence-corrected chi connectivity index (χ2v) is 11.9. The van der Waals surface area contributed by atoms with Gasteiger partial charge in [0.05, 0.1) is 0 Å². The Morgan fingerprint density at radius 2 is 1.10 bits per heavy atom. The van der Waals surface area contributed by atoms with Gasteiger partial charge in [0.25, 0.3) is 0 Å². The van der Waals surface area contributed by atoms with E-state index in [4.69, 9.17) is 0 Å². The van der Waals surface area contributed by atoms with Crippen LogP contribution in [0.1, 0.15) is 78.4 Å². The van der Waals surface area contributed by atoms with Crippen LogP contribution in [0.15, 0.2) is 103 Å². The van der Waals surface area contributed by atoms with E-state index in [9.17, 15) is 0 Å². The number of benzene rings is 3. The predicted molar refractivity (Wildman–Crippen MR) is 184 cm³/mol. The molecule has 1 aliphatic rings. The van der Waals surface area contributed by atoms with Gasteiger partial charge in [0.2, 0.25) is 0 Å². The maximum atomic E-state index is 3.34. The van der Waals surface area contributed by atoms with Gasteiger partial charge >= 0.3 is 28.4 Å². The Morgan fingerprint density at radius 3 is 1.34 bits per heavy atom. The van der Waals surface area contributed by atoms with Crippen molar-refractivity contribution in [2.24, 2.45) is 0 Å². The average Bonchev–Trinajstić information content (AvgIpc) is 3.74. The fraction of sp³-hybridized carbons (Fsp3) is 0.300. The summed E-state index contributed by atoms with van der Waals surface area (Å²) in [6, 6.07) is 38.7. The fourth-order valence-corrected chi connectivity index (χ4v) is 4.34. The van der Waals surface area contributed by atoms with Crippen molar-refractivity contribution < 1.29 is 24.2 Å². The summed E-state index contributed by atoms with van der Waals surface area (Å²) < 4.78 is 3.34. The van der Waals surface area contributed by atoms with E-state index in [1.165, 1.54) is 82.6 Å². The summed E-state index contributed by atoms with van der Waals surface area (Å²) in [6.45, 7) is 13.6. The maximum absolute atomic E-state index is 3.34. The SMILES string of the molecule is CC(C)(C)c1ccc2c(c1)[cH-]c1cc(C(C)(C)C)ccc12.[CH-]1CCCC1.[CH2]=[Zr].[CH3-].[CH3-].[c-]1ccccc1.c1cc[cH-]c1. The predicted octanol–water partition coefficient (Wildman–Crippen LogP) is 11.8. The van der Waals surface area contributed by atoms with Crippen LogP contribution in [0.5, 0.6) is 0 Å². The summed E-state index contributed by atoms with van der Waals surface area (Å²) in [5, 5.41) is 5.48. The topological polar surface area (TPSA) is 0 Å². The molecule has 6 rings (SSSR count). The molecule has 1 saturated carbocycles. The monoisotopic (exact) mass is 622 g/mol. The van der Waals surface area contributed by atoms with Crippen molar-refractivity contribution >= 4 is 25.8 Å². The van der Waals surface area contributed by atoms with Gasteiger partial charge in [0.15, 0.2) is 0 Å². The third kappa shape index (κ3) is 13.4. The third-order valence-corrected chi connectivity index (χ3v) is 6.67. The molecule has 0 aromatic heterocycles. The smallest absolute Gasteiger partial charge is 0.171 e. The van der Waals surface area contributed by atoms with E-state index in [1.54, 1.807) is 0 Å². The number of hydrogen-bond donors (Lipinski definition) is 0. The van der Waals surface area contributed by atoms with Crippen LogP contribution in [-0.2, 0) is 35.1 Å². The number of hydrogen-bond acceptors (Lipinski definition) is 0. The molecule has 5 aromatic rings. The van der Waals surface area contributed by atoms with Crippen LogP contribution in [0.2, 0.25) is 0 Å². The zero-order valence-electron chi connectivity index (χ0n) is 26.9. The molecule has 1 heteroatoms. The van der Waals surface area contributed by atoms with E-state index in [0.29, 0.717) is 0 Å². The molecule has 5 aromatic carbocycles. The molecular weight excluding hydrogens is 572 g/mol. The first-order valence-corrected chi connectivity index (χ1v) is 15.8. The van der Waals surface area contributed by atoms with Gasteiger partial charge in [0.1, 0.15) is 0 Å². The normalized spacial score (nSPS) is 11.9. The van der Waals surface area contributed by atoms with Crippen LogP contribution in [0.3, 0.4) is 0 Å². The first-order valence-electron chi connectivity index (χ1n) is 14.1. The Labute approximate surface area is 268 Å². The van der Waals surface area contributed by atoms with Crippen molar-refractivity contribution in [2.45, 2.75) is 78.1 Å². The molecule has 1 fully saturated rings. The molecule has 1 aliphatic carbocycles. The first kappa shape index (κ1) is 38.6. The molecule has 0 heterocycles. The van der Waals surface area contributed by atoms with Crippen LogP contribution in [0, 0.1) is 27.3 Å². The summed E-state index contributed by atoms with van der Waals surface area (Å²) in [7, 11) is 0. The molecule has 0 saturated heterocycles. The van der Waals surface area contributed by atoms with E-state index >= 15 is 0 Å². The van der Waals surface area contributed by atoms with Gasteiger partial charge in [0, 0.05) is 0 Å². The van der Waals surface area contributed by atoms with Crippen molar-refractivity contribution in [1.29, 1.82) is 0 Å². The summed E-state index contributed by atoms with van der Waals surface area (Å²) in [5.41, 5.74) is 3.21. The van der Waals surface area contributed by atoms with E-state index in [2.05, 4.69) is 101 Å². The van der Waals surface area contributed by atoms with Crippen molar-refractivity contribution in [3.63, 3.8) is 0 Å². The van der Waals surface area contributed by atoms with Gasteiger partial charge in [-0.1, -0.05) is 89.8 Å². The summed E-state index contributed by atoms with van der Waals surface area (Å²) in [4.78, 5) is 0. The summed E-state index contributed by atoms with van der Waals surface area (Å²) in [6.07, 6.45) is 8.00. The molecule has 0 atom stereocenters. The van der Waals surface area contributed by atoms with E-state index < -0.39 is 0 Å². The minimum atomic E-state index is 0. The second kappa shape index (κ2) is 19.7. The molecule has 0 nitrogen and oxygen atoms in total. The van der Waals surface area contributed by atoms with Crippen LogP contribution >= 0.6 is 0 Å². The number of fused-ring (bicyclic) bond motifs is 3. The Hall–Kier alpha value is -2.37. The Bertz CT molecular complexity index is 1190. The quantitative estimate of drug-likeness (QED) is 0.151. The van der Waals surface area contributed by atoms with Gasteiger partial charge in [-0.15, -0.1) is 39.7 Å². The van der Waals surface area contributed by atoms with Gasteiger partial charge in [-0.05, 0) is 10.8 Å². The van der Waals surface area contributed by atoms with Crippen LogP contribution < -0.4 is 0 Å². The zero-order chi connectivity index (χ0) is 28.7. The summed E-state index contributed by atoms with van der Waals surface area (Å²) >= 11 is 1.30. The molecule has 0 N–H and O–H groups in total. The first-order chi connectivity index (χ1) is 18.7. The molecule has 0 radical (unpaired) electrons. The molecule has 0 spiro atoms. The second-order valence-electron chi connectivity index (χ2n) is 11.9. The standard InChI is InChI=1S/C21H25.C6H5.C5H9.C5H5.2CH3.CH2.Zr/c1-20(2,3)16-7-9-18-14(12-16)11-15-13-17(21(4,5)6)8-10-19(15)18;1-2-4-6-5-3-1;2*1-2-4-5-3-1;;;;/h7-13H,1-6H3;1-5H;1H,2-5H2;1-5H;2*1H3;1H2;/q6*-1;;. The maximum Gasteiger partial charge on any atom is -0.171 e. The molecule has 222 valence electrons. The Morgan fingerprint density at radius 1 is 0.659 bits per heavy atom. The molecular formula is C40H52Zr-6. The Kier molecular flexibility index (Phi) is 18.6. The van der Waals surface area contributed by atoms with Gasteiger partial charge < -0.3 is 21.3 Å². The fourth-order valence-electron chi connectivity index (χ4n) is 4.34. The van der Waals surface area contributed by atoms with Crippen molar-refractivity contribution in [1.82, 2.24) is 0 Å². The van der Waals surface area contributed by atoms with E-state index in [1.807, 2.05) is 60.7 Å². The molecule has 0 bridgehead atoms.